The summed E-state index contributed by atoms with van der Waals surface area (Å²) in [4.78, 5) is 23.7. The van der Waals surface area contributed by atoms with E-state index in [0.717, 1.165) is 24.1 Å². The number of carbonyl (C=O) groups excluding carboxylic acids is 1. The second kappa shape index (κ2) is 6.36. The summed E-state index contributed by atoms with van der Waals surface area (Å²) in [7, 11) is 0. The third kappa shape index (κ3) is 3.56. The maximum Gasteiger partial charge on any atom is 0.251 e. The van der Waals surface area contributed by atoms with Gasteiger partial charge in [0.15, 0.2) is 0 Å². The van der Waals surface area contributed by atoms with Gasteiger partial charge in [0.25, 0.3) is 11.5 Å². The van der Waals surface area contributed by atoms with Gasteiger partial charge in [-0.25, -0.2) is 0 Å². The van der Waals surface area contributed by atoms with Gasteiger partial charge in [-0.15, -0.1) is 0 Å². The summed E-state index contributed by atoms with van der Waals surface area (Å²) in [6.45, 7) is 11.7. The number of carbonyl (C=O) groups is 1. The normalized spacial score (nSPS) is 10.3. The van der Waals surface area contributed by atoms with Crippen molar-refractivity contribution in [2.24, 2.45) is 0 Å². The van der Waals surface area contributed by atoms with E-state index in [2.05, 4.69) is 18.8 Å². The Kier molecular flexibility index (Phi) is 5.10. The van der Waals surface area contributed by atoms with Crippen LogP contribution in [0.4, 0.5) is 5.69 Å². The lowest BCUT2D eigenvalue weighted by molar-refractivity contribution is -0.112. The molecule has 1 aromatic rings. The largest absolute Gasteiger partial charge is 0.321 e. The van der Waals surface area contributed by atoms with Crippen molar-refractivity contribution in [3.63, 3.8) is 0 Å². The van der Waals surface area contributed by atoms with Crippen molar-refractivity contribution < 1.29 is 4.79 Å². The molecule has 1 heterocycles. The van der Waals surface area contributed by atoms with Gasteiger partial charge in [0, 0.05) is 23.9 Å². The number of hydrogen-bond donors (Lipinski definition) is 1. The third-order valence-electron chi connectivity index (χ3n) is 3.13. The molecule has 0 saturated carbocycles. The highest BCUT2D eigenvalue weighted by atomic mass is 16.1. The van der Waals surface area contributed by atoms with Crippen molar-refractivity contribution in [2.45, 2.75) is 47.1 Å². The van der Waals surface area contributed by atoms with Crippen LogP contribution in [0.15, 0.2) is 23.0 Å². The zero-order valence-electron chi connectivity index (χ0n) is 12.2. The smallest absolute Gasteiger partial charge is 0.251 e. The van der Waals surface area contributed by atoms with E-state index in [0.29, 0.717) is 17.8 Å². The minimum absolute atomic E-state index is 0.0169. The number of hydrogen-bond acceptors (Lipinski definition) is 2. The van der Waals surface area contributed by atoms with E-state index in [1.165, 1.54) is 0 Å². The SMILES string of the molecule is C=C(C)C(=O)Nc1c(C)cc(=O)n(CCCC)c1C. The Labute approximate surface area is 114 Å². The number of amides is 1. The third-order valence-corrected chi connectivity index (χ3v) is 3.13. The predicted molar refractivity (Wildman–Crippen MR) is 78.5 cm³/mol. The van der Waals surface area contributed by atoms with Crippen LogP contribution in [-0.2, 0) is 11.3 Å². The van der Waals surface area contributed by atoms with Crippen LogP contribution >= 0.6 is 0 Å². The number of nitrogens with zero attached hydrogens (tertiary/aromatic N) is 1. The molecule has 1 amide bonds. The molecule has 0 unspecified atom stereocenters. The molecule has 0 aliphatic carbocycles. The second-order valence-electron chi connectivity index (χ2n) is 4.87. The molecule has 0 aromatic carbocycles. The minimum atomic E-state index is -0.216. The first-order chi connectivity index (χ1) is 8.88. The molecule has 0 radical (unpaired) electrons. The van der Waals surface area contributed by atoms with Gasteiger partial charge in [-0.3, -0.25) is 9.59 Å². The molecule has 1 rings (SSSR count). The Bertz CT molecular complexity index is 556. The zero-order chi connectivity index (χ0) is 14.6. The molecular weight excluding hydrogens is 240 g/mol. The topological polar surface area (TPSA) is 51.1 Å². The lowest BCUT2D eigenvalue weighted by atomic mass is 10.1. The van der Waals surface area contributed by atoms with E-state index in [1.807, 2.05) is 13.8 Å². The molecule has 4 heteroatoms. The van der Waals surface area contributed by atoms with Crippen LogP contribution in [-0.4, -0.2) is 10.5 Å². The van der Waals surface area contributed by atoms with Crippen molar-refractivity contribution >= 4 is 11.6 Å². The molecule has 0 bridgehead atoms. The molecule has 1 N–H and O–H groups in total. The summed E-state index contributed by atoms with van der Waals surface area (Å²) in [5.41, 5.74) is 2.73. The van der Waals surface area contributed by atoms with Crippen LogP contribution < -0.4 is 10.9 Å². The number of rotatable bonds is 5. The fraction of sp³-hybridized carbons (Fsp3) is 0.467. The fourth-order valence-electron chi connectivity index (χ4n) is 1.92. The van der Waals surface area contributed by atoms with Gasteiger partial charge >= 0.3 is 0 Å². The van der Waals surface area contributed by atoms with Gasteiger partial charge in [-0.1, -0.05) is 19.9 Å². The Morgan fingerprint density at radius 3 is 2.58 bits per heavy atom. The van der Waals surface area contributed by atoms with Gasteiger partial charge in [0.05, 0.1) is 5.69 Å². The van der Waals surface area contributed by atoms with E-state index >= 15 is 0 Å². The monoisotopic (exact) mass is 262 g/mol. The standard InChI is InChI=1S/C15H22N2O2/c1-6-7-8-17-12(5)14(11(4)9-13(17)18)16-15(19)10(2)3/h9H,2,6-8H2,1,3-5H3,(H,16,19). The molecule has 0 saturated heterocycles. The number of aryl methyl sites for hydroxylation is 1. The van der Waals surface area contributed by atoms with Gasteiger partial charge in [0.2, 0.25) is 0 Å². The predicted octanol–water partition coefficient (Wildman–Crippen LogP) is 2.78. The maximum atomic E-state index is 12.0. The van der Waals surface area contributed by atoms with Gasteiger partial charge in [0.1, 0.15) is 0 Å². The number of anilines is 1. The minimum Gasteiger partial charge on any atom is -0.321 e. The summed E-state index contributed by atoms with van der Waals surface area (Å²) in [6.07, 6.45) is 1.96. The van der Waals surface area contributed by atoms with Crippen molar-refractivity contribution in [1.82, 2.24) is 4.57 Å². The van der Waals surface area contributed by atoms with E-state index in [9.17, 15) is 9.59 Å². The molecule has 0 fully saturated rings. The van der Waals surface area contributed by atoms with E-state index < -0.39 is 0 Å². The molecule has 19 heavy (non-hydrogen) atoms. The van der Waals surface area contributed by atoms with Crippen molar-refractivity contribution in [1.29, 1.82) is 0 Å². The highest BCUT2D eigenvalue weighted by Crippen LogP contribution is 2.18. The Morgan fingerprint density at radius 2 is 2.05 bits per heavy atom. The van der Waals surface area contributed by atoms with E-state index in [-0.39, 0.29) is 11.5 Å². The second-order valence-corrected chi connectivity index (χ2v) is 4.87. The number of unbranched alkanes of at least 4 members (excludes halogenated alkanes) is 1. The summed E-state index contributed by atoms with van der Waals surface area (Å²) in [5.74, 6) is -0.216. The molecule has 0 aliphatic heterocycles. The lowest BCUT2D eigenvalue weighted by Crippen LogP contribution is -2.25. The van der Waals surface area contributed by atoms with Crippen LogP contribution in [0.1, 0.15) is 37.9 Å². The first kappa shape index (κ1) is 15.2. The Morgan fingerprint density at radius 1 is 1.42 bits per heavy atom. The highest BCUT2D eigenvalue weighted by Gasteiger charge is 2.12. The van der Waals surface area contributed by atoms with Crippen LogP contribution in [0.2, 0.25) is 0 Å². The Hall–Kier alpha value is -1.84. The summed E-state index contributed by atoms with van der Waals surface area (Å²) in [6, 6.07) is 1.57. The molecule has 4 nitrogen and oxygen atoms in total. The summed E-state index contributed by atoms with van der Waals surface area (Å²) < 4.78 is 1.71. The Balaban J connectivity index is 3.21. The maximum absolute atomic E-state index is 12.0. The number of nitrogens with one attached hydrogen (secondary N) is 1. The summed E-state index contributed by atoms with van der Waals surface area (Å²) in [5, 5.41) is 2.82. The van der Waals surface area contributed by atoms with Crippen molar-refractivity contribution in [2.75, 3.05) is 5.32 Å². The molecule has 104 valence electrons. The first-order valence-electron chi connectivity index (χ1n) is 6.56. The highest BCUT2D eigenvalue weighted by molar-refractivity contribution is 6.03. The number of pyridine rings is 1. The molecule has 0 atom stereocenters. The summed E-state index contributed by atoms with van der Waals surface area (Å²) >= 11 is 0. The van der Waals surface area contributed by atoms with Crippen molar-refractivity contribution in [3.05, 3.63) is 39.8 Å². The molecule has 0 spiro atoms. The fourth-order valence-corrected chi connectivity index (χ4v) is 1.92. The molecular formula is C15H22N2O2. The van der Waals surface area contributed by atoms with Crippen molar-refractivity contribution in [3.8, 4) is 0 Å². The van der Waals surface area contributed by atoms with Gasteiger partial charge in [-0.2, -0.15) is 0 Å². The van der Waals surface area contributed by atoms with Crippen LogP contribution in [0.25, 0.3) is 0 Å². The molecule has 0 aliphatic rings. The average molecular weight is 262 g/mol. The van der Waals surface area contributed by atoms with Crippen LogP contribution in [0.5, 0.6) is 0 Å². The lowest BCUT2D eigenvalue weighted by Gasteiger charge is -2.17. The van der Waals surface area contributed by atoms with Gasteiger partial charge in [-0.05, 0) is 32.8 Å². The van der Waals surface area contributed by atoms with E-state index in [1.54, 1.807) is 17.6 Å². The average Bonchev–Trinajstić information content (AvgIpc) is 2.33. The van der Waals surface area contributed by atoms with Gasteiger partial charge < -0.3 is 9.88 Å². The zero-order valence-corrected chi connectivity index (χ0v) is 12.2. The quantitative estimate of drug-likeness (QED) is 0.829. The molecule has 1 aromatic heterocycles. The van der Waals surface area contributed by atoms with Crippen LogP contribution in [0, 0.1) is 13.8 Å². The van der Waals surface area contributed by atoms with Crippen LogP contribution in [0.3, 0.4) is 0 Å². The number of aromatic nitrogens is 1. The van der Waals surface area contributed by atoms with E-state index in [4.69, 9.17) is 0 Å². The first-order valence-corrected chi connectivity index (χ1v) is 6.56.